The van der Waals surface area contributed by atoms with Crippen LogP contribution in [0.3, 0.4) is 0 Å². The maximum Gasteiger partial charge on any atom is 0.264 e. The SMILES string of the molecule is CCC(C)NC(=O)C(CC)N(CCc1ccccc1)C(=O)CN(c1cccc(C)c1C)S(=O)(=O)c1ccc(C)cc1. The van der Waals surface area contributed by atoms with E-state index in [-0.39, 0.29) is 23.4 Å². The molecule has 0 aliphatic rings. The molecule has 2 atom stereocenters. The van der Waals surface area contributed by atoms with Gasteiger partial charge in [-0.05, 0) is 81.8 Å². The Morgan fingerprint density at radius 1 is 0.854 bits per heavy atom. The first-order valence-electron chi connectivity index (χ1n) is 14.3. The van der Waals surface area contributed by atoms with Crippen molar-refractivity contribution >= 4 is 27.5 Å². The van der Waals surface area contributed by atoms with Gasteiger partial charge in [0.2, 0.25) is 11.8 Å². The number of carbonyl (C=O) groups is 2. The highest BCUT2D eigenvalue weighted by Gasteiger charge is 2.34. The van der Waals surface area contributed by atoms with Crippen molar-refractivity contribution in [2.45, 2.75) is 77.8 Å². The summed E-state index contributed by atoms with van der Waals surface area (Å²) in [4.78, 5) is 29.2. The number of hydrogen-bond donors (Lipinski definition) is 1. The Kier molecular flexibility index (Phi) is 11.1. The van der Waals surface area contributed by atoms with Crippen molar-refractivity contribution in [1.82, 2.24) is 10.2 Å². The second-order valence-corrected chi connectivity index (χ2v) is 12.5. The van der Waals surface area contributed by atoms with Gasteiger partial charge in [0, 0.05) is 12.6 Å². The van der Waals surface area contributed by atoms with Crippen LogP contribution in [0.15, 0.2) is 77.7 Å². The highest BCUT2D eigenvalue weighted by atomic mass is 32.2. The predicted octanol–water partition coefficient (Wildman–Crippen LogP) is 5.57. The van der Waals surface area contributed by atoms with Gasteiger partial charge in [0.25, 0.3) is 10.0 Å². The van der Waals surface area contributed by atoms with E-state index in [1.165, 1.54) is 4.31 Å². The maximum absolute atomic E-state index is 14.2. The summed E-state index contributed by atoms with van der Waals surface area (Å²) in [6.07, 6.45) is 1.69. The van der Waals surface area contributed by atoms with Gasteiger partial charge in [-0.1, -0.05) is 74.0 Å². The second kappa shape index (κ2) is 14.3. The maximum atomic E-state index is 14.2. The normalized spacial score (nSPS) is 12.8. The molecule has 0 aromatic heterocycles. The van der Waals surface area contributed by atoms with E-state index in [0.29, 0.717) is 18.5 Å². The molecule has 0 bridgehead atoms. The van der Waals surface area contributed by atoms with E-state index in [9.17, 15) is 18.0 Å². The summed E-state index contributed by atoms with van der Waals surface area (Å²) in [5.41, 5.74) is 4.09. The second-order valence-electron chi connectivity index (χ2n) is 10.6. The number of rotatable bonds is 13. The number of nitrogens with zero attached hydrogens (tertiary/aromatic N) is 2. The van der Waals surface area contributed by atoms with Gasteiger partial charge in [0.15, 0.2) is 0 Å². The van der Waals surface area contributed by atoms with Crippen LogP contribution in [0, 0.1) is 20.8 Å². The number of hydrogen-bond acceptors (Lipinski definition) is 4. The zero-order valence-corrected chi connectivity index (χ0v) is 25.9. The fraction of sp³-hybridized carbons (Fsp3) is 0.394. The first kappa shape index (κ1) is 31.9. The van der Waals surface area contributed by atoms with Gasteiger partial charge in [0.1, 0.15) is 12.6 Å². The van der Waals surface area contributed by atoms with E-state index >= 15 is 0 Å². The molecule has 2 unspecified atom stereocenters. The number of carbonyl (C=O) groups excluding carboxylic acids is 2. The average Bonchev–Trinajstić information content (AvgIpc) is 2.96. The molecule has 0 aliphatic heterocycles. The third-order valence-corrected chi connectivity index (χ3v) is 9.38. The van der Waals surface area contributed by atoms with Crippen molar-refractivity contribution in [1.29, 1.82) is 0 Å². The van der Waals surface area contributed by atoms with Crippen molar-refractivity contribution in [3.63, 3.8) is 0 Å². The lowest BCUT2D eigenvalue weighted by molar-refractivity contribution is -0.139. The summed E-state index contributed by atoms with van der Waals surface area (Å²) < 4.78 is 29.3. The van der Waals surface area contributed by atoms with E-state index in [0.717, 1.165) is 28.7 Å². The molecule has 0 spiro atoms. The molecule has 41 heavy (non-hydrogen) atoms. The topological polar surface area (TPSA) is 86.8 Å². The Labute approximate surface area is 245 Å². The van der Waals surface area contributed by atoms with Crippen LogP contribution in [0.2, 0.25) is 0 Å². The summed E-state index contributed by atoms with van der Waals surface area (Å²) >= 11 is 0. The molecule has 0 heterocycles. The minimum atomic E-state index is -4.10. The highest BCUT2D eigenvalue weighted by molar-refractivity contribution is 7.92. The molecule has 220 valence electrons. The van der Waals surface area contributed by atoms with Gasteiger partial charge in [0.05, 0.1) is 10.6 Å². The molecule has 8 heteroatoms. The van der Waals surface area contributed by atoms with E-state index < -0.39 is 28.5 Å². The molecule has 1 N–H and O–H groups in total. The van der Waals surface area contributed by atoms with Crippen molar-refractivity contribution in [2.75, 3.05) is 17.4 Å². The lowest BCUT2D eigenvalue weighted by atomic mass is 10.1. The van der Waals surface area contributed by atoms with Crippen LogP contribution in [0.4, 0.5) is 5.69 Å². The van der Waals surface area contributed by atoms with Crippen molar-refractivity contribution in [3.05, 3.63) is 95.1 Å². The Morgan fingerprint density at radius 3 is 2.12 bits per heavy atom. The molecule has 2 amide bonds. The van der Waals surface area contributed by atoms with Crippen LogP contribution in [0.1, 0.15) is 55.9 Å². The lowest BCUT2D eigenvalue weighted by Crippen LogP contribution is -2.54. The Bertz CT molecular complexity index is 1420. The van der Waals surface area contributed by atoms with Crippen molar-refractivity contribution in [3.8, 4) is 0 Å². The summed E-state index contributed by atoms with van der Waals surface area (Å²) in [7, 11) is -4.10. The molecule has 7 nitrogen and oxygen atoms in total. The fourth-order valence-electron chi connectivity index (χ4n) is 4.69. The van der Waals surface area contributed by atoms with Crippen LogP contribution in [0.25, 0.3) is 0 Å². The third kappa shape index (κ3) is 7.97. The number of anilines is 1. The Balaban J connectivity index is 2.05. The van der Waals surface area contributed by atoms with Crippen molar-refractivity contribution < 1.29 is 18.0 Å². The smallest absolute Gasteiger partial charge is 0.264 e. The number of nitrogens with one attached hydrogen (secondary N) is 1. The van der Waals surface area contributed by atoms with Gasteiger partial charge >= 0.3 is 0 Å². The molecule has 0 radical (unpaired) electrons. The number of benzene rings is 3. The van der Waals surface area contributed by atoms with Crippen LogP contribution < -0.4 is 9.62 Å². The predicted molar refractivity (Wildman–Crippen MR) is 165 cm³/mol. The molecule has 0 fully saturated rings. The van der Waals surface area contributed by atoms with Crippen LogP contribution in [-0.2, 0) is 26.0 Å². The zero-order valence-electron chi connectivity index (χ0n) is 25.1. The first-order valence-corrected chi connectivity index (χ1v) is 15.7. The molecule has 0 saturated heterocycles. The molecular formula is C33H43N3O4S. The largest absolute Gasteiger partial charge is 0.352 e. The molecule has 0 saturated carbocycles. The summed E-state index contributed by atoms with van der Waals surface area (Å²) in [5.74, 6) is -0.661. The molecule has 0 aliphatic carbocycles. The quantitative estimate of drug-likeness (QED) is 0.288. The minimum Gasteiger partial charge on any atom is -0.352 e. The average molecular weight is 578 g/mol. The molecule has 3 aromatic rings. The van der Waals surface area contributed by atoms with Gasteiger partial charge in [-0.2, -0.15) is 0 Å². The van der Waals surface area contributed by atoms with Crippen molar-refractivity contribution in [2.24, 2.45) is 0 Å². The lowest BCUT2D eigenvalue weighted by Gasteiger charge is -2.34. The van der Waals surface area contributed by atoms with Crippen LogP contribution in [0.5, 0.6) is 0 Å². The van der Waals surface area contributed by atoms with E-state index in [4.69, 9.17) is 0 Å². The highest BCUT2D eigenvalue weighted by Crippen LogP contribution is 2.29. The zero-order chi connectivity index (χ0) is 30.2. The molecule has 3 rings (SSSR count). The monoisotopic (exact) mass is 577 g/mol. The number of aryl methyl sites for hydroxylation is 2. The number of sulfonamides is 1. The van der Waals surface area contributed by atoms with Crippen LogP contribution in [-0.4, -0.2) is 50.3 Å². The minimum absolute atomic E-state index is 0.0454. The van der Waals surface area contributed by atoms with E-state index in [1.54, 1.807) is 41.3 Å². The first-order chi connectivity index (χ1) is 19.5. The van der Waals surface area contributed by atoms with Gasteiger partial charge in [-0.25, -0.2) is 8.42 Å². The number of amides is 2. The van der Waals surface area contributed by atoms with Crippen LogP contribution >= 0.6 is 0 Å². The molecule has 3 aromatic carbocycles. The standard InChI is InChI=1S/C33H43N3O4S/c1-7-26(5)34-33(38)30(8-2)35(22-21-28-14-10-9-11-15-28)32(37)23-36(31-16-12-13-25(4)27(31)6)41(39,40)29-19-17-24(3)18-20-29/h9-20,26,30H,7-8,21-23H2,1-6H3,(H,34,38). The fourth-order valence-corrected chi connectivity index (χ4v) is 6.17. The molecular weight excluding hydrogens is 534 g/mol. The third-order valence-electron chi connectivity index (χ3n) is 7.60. The Hall–Kier alpha value is -3.65. The Morgan fingerprint density at radius 2 is 1.51 bits per heavy atom. The summed E-state index contributed by atoms with van der Waals surface area (Å²) in [6.45, 7) is 11.3. The summed E-state index contributed by atoms with van der Waals surface area (Å²) in [5, 5.41) is 3.01. The van der Waals surface area contributed by atoms with E-state index in [2.05, 4.69) is 5.32 Å². The van der Waals surface area contributed by atoms with E-state index in [1.807, 2.05) is 77.9 Å². The van der Waals surface area contributed by atoms with Gasteiger partial charge in [-0.3, -0.25) is 13.9 Å². The van der Waals surface area contributed by atoms with Gasteiger partial charge < -0.3 is 10.2 Å². The van der Waals surface area contributed by atoms with Gasteiger partial charge in [-0.15, -0.1) is 0 Å². The summed E-state index contributed by atoms with van der Waals surface area (Å²) in [6, 6.07) is 21.0.